The summed E-state index contributed by atoms with van der Waals surface area (Å²) in [5.74, 6) is -1.84. The van der Waals surface area contributed by atoms with E-state index in [9.17, 15) is 13.6 Å². The molecule has 0 radical (unpaired) electrons. The Morgan fingerprint density at radius 1 is 1.33 bits per heavy atom. The third kappa shape index (κ3) is 3.01. The summed E-state index contributed by atoms with van der Waals surface area (Å²) >= 11 is 0. The topological polar surface area (TPSA) is 26.3 Å². The van der Waals surface area contributed by atoms with Gasteiger partial charge in [0.25, 0.3) is 0 Å². The lowest BCUT2D eigenvalue weighted by molar-refractivity contribution is -0.142. The largest absolute Gasteiger partial charge is 0.466 e. The molecule has 0 spiro atoms. The lowest BCUT2D eigenvalue weighted by atomic mass is 10.1. The fourth-order valence-electron chi connectivity index (χ4n) is 1.22. The maximum atomic E-state index is 13.2. The molecule has 4 heteroatoms. The van der Waals surface area contributed by atoms with Gasteiger partial charge in [0.05, 0.1) is 13.0 Å². The summed E-state index contributed by atoms with van der Waals surface area (Å²) in [6, 6.07) is 2.10. The van der Waals surface area contributed by atoms with Gasteiger partial charge in [-0.2, -0.15) is 0 Å². The van der Waals surface area contributed by atoms with Crippen LogP contribution in [0.3, 0.4) is 0 Å². The molecule has 0 bridgehead atoms. The first kappa shape index (κ1) is 11.6. The van der Waals surface area contributed by atoms with Crippen LogP contribution in [0, 0.1) is 18.6 Å². The first-order valence-electron chi connectivity index (χ1n) is 4.64. The minimum atomic E-state index is -0.717. The molecule has 1 aromatic rings. The predicted octanol–water partition coefficient (Wildman–Crippen LogP) is 2.38. The summed E-state index contributed by atoms with van der Waals surface area (Å²) in [5.41, 5.74) is 0.475. The van der Waals surface area contributed by atoms with Crippen LogP contribution in [0.25, 0.3) is 0 Å². The normalized spacial score (nSPS) is 10.1. The van der Waals surface area contributed by atoms with Crippen molar-refractivity contribution in [2.24, 2.45) is 0 Å². The smallest absolute Gasteiger partial charge is 0.310 e. The summed E-state index contributed by atoms with van der Waals surface area (Å²) in [5, 5.41) is 0. The van der Waals surface area contributed by atoms with Crippen LogP contribution < -0.4 is 0 Å². The molecule has 1 aromatic carbocycles. The van der Waals surface area contributed by atoms with E-state index in [0.717, 1.165) is 6.07 Å². The highest BCUT2D eigenvalue weighted by Crippen LogP contribution is 2.15. The van der Waals surface area contributed by atoms with Crippen molar-refractivity contribution in [3.05, 3.63) is 34.9 Å². The van der Waals surface area contributed by atoms with Crippen LogP contribution in [-0.4, -0.2) is 12.6 Å². The van der Waals surface area contributed by atoms with Crippen LogP contribution in [0.2, 0.25) is 0 Å². The Hall–Kier alpha value is -1.45. The van der Waals surface area contributed by atoms with Crippen molar-refractivity contribution in [3.63, 3.8) is 0 Å². The number of hydrogen-bond acceptors (Lipinski definition) is 2. The molecule has 0 aliphatic carbocycles. The van der Waals surface area contributed by atoms with E-state index in [4.69, 9.17) is 0 Å². The number of carbonyl (C=O) groups excluding carboxylic acids is 1. The molecule has 0 saturated carbocycles. The predicted molar refractivity (Wildman–Crippen MR) is 51.4 cm³/mol. The van der Waals surface area contributed by atoms with Crippen molar-refractivity contribution in [1.82, 2.24) is 0 Å². The number of ether oxygens (including phenoxy) is 1. The summed E-state index contributed by atoms with van der Waals surface area (Å²) in [7, 11) is 0. The lowest BCUT2D eigenvalue weighted by Crippen LogP contribution is -2.09. The Morgan fingerprint density at radius 2 is 2.00 bits per heavy atom. The molecule has 82 valence electrons. The van der Waals surface area contributed by atoms with Crippen LogP contribution in [0.4, 0.5) is 8.78 Å². The second kappa shape index (κ2) is 4.87. The third-order valence-electron chi connectivity index (χ3n) is 1.97. The molecule has 0 unspecified atom stereocenters. The van der Waals surface area contributed by atoms with Gasteiger partial charge in [0.1, 0.15) is 11.6 Å². The van der Waals surface area contributed by atoms with Crippen LogP contribution in [-0.2, 0) is 16.0 Å². The van der Waals surface area contributed by atoms with Crippen molar-refractivity contribution in [2.75, 3.05) is 6.61 Å². The average molecular weight is 214 g/mol. The Labute approximate surface area is 86.9 Å². The SMILES string of the molecule is CCOC(=O)Cc1cc(C)c(F)cc1F. The zero-order valence-corrected chi connectivity index (χ0v) is 8.64. The number of aryl methyl sites for hydroxylation is 1. The molecule has 0 amide bonds. The van der Waals surface area contributed by atoms with Crippen LogP contribution in [0.5, 0.6) is 0 Å². The van der Waals surface area contributed by atoms with Gasteiger partial charge in [-0.3, -0.25) is 4.79 Å². The van der Waals surface area contributed by atoms with E-state index < -0.39 is 17.6 Å². The summed E-state index contributed by atoms with van der Waals surface area (Å²) in [6.07, 6.45) is -0.166. The molecule has 0 atom stereocenters. The molecule has 0 aliphatic heterocycles. The fourth-order valence-corrected chi connectivity index (χ4v) is 1.22. The molecule has 0 heterocycles. The Kier molecular flexibility index (Phi) is 3.77. The first-order chi connectivity index (χ1) is 7.04. The van der Waals surface area contributed by atoms with E-state index in [-0.39, 0.29) is 18.6 Å². The van der Waals surface area contributed by atoms with E-state index in [1.54, 1.807) is 6.92 Å². The Bertz CT molecular complexity index is 375. The standard InChI is InChI=1S/C11H12F2O2/c1-3-15-11(14)5-8-4-7(2)9(12)6-10(8)13/h4,6H,3,5H2,1-2H3. The second-order valence-electron chi connectivity index (χ2n) is 3.17. The minimum Gasteiger partial charge on any atom is -0.466 e. The second-order valence-corrected chi connectivity index (χ2v) is 3.17. The molecule has 0 aliphatic rings. The molecular weight excluding hydrogens is 202 g/mol. The van der Waals surface area contributed by atoms with Crippen molar-refractivity contribution in [2.45, 2.75) is 20.3 Å². The van der Waals surface area contributed by atoms with Gasteiger partial charge in [-0.15, -0.1) is 0 Å². The summed E-state index contributed by atoms with van der Waals surface area (Å²) in [6.45, 7) is 3.44. The number of esters is 1. The molecule has 0 N–H and O–H groups in total. The molecule has 1 rings (SSSR count). The minimum absolute atomic E-state index is 0.160. The molecule has 15 heavy (non-hydrogen) atoms. The maximum absolute atomic E-state index is 13.2. The first-order valence-corrected chi connectivity index (χ1v) is 4.64. The quantitative estimate of drug-likeness (QED) is 0.722. The van der Waals surface area contributed by atoms with Crippen LogP contribution in [0.1, 0.15) is 18.1 Å². The van der Waals surface area contributed by atoms with Gasteiger partial charge in [0.2, 0.25) is 0 Å². The maximum Gasteiger partial charge on any atom is 0.310 e. The monoisotopic (exact) mass is 214 g/mol. The third-order valence-corrected chi connectivity index (χ3v) is 1.97. The number of hydrogen-bond donors (Lipinski definition) is 0. The molecule has 0 aromatic heterocycles. The zero-order chi connectivity index (χ0) is 11.4. The highest BCUT2D eigenvalue weighted by atomic mass is 19.1. The zero-order valence-electron chi connectivity index (χ0n) is 8.64. The Morgan fingerprint density at radius 3 is 2.60 bits per heavy atom. The van der Waals surface area contributed by atoms with Crippen molar-refractivity contribution in [3.8, 4) is 0 Å². The molecule has 2 nitrogen and oxygen atoms in total. The van der Waals surface area contributed by atoms with E-state index in [2.05, 4.69) is 4.74 Å². The number of carbonyl (C=O) groups is 1. The van der Waals surface area contributed by atoms with Crippen molar-refractivity contribution < 1.29 is 18.3 Å². The van der Waals surface area contributed by atoms with E-state index in [0.29, 0.717) is 5.56 Å². The number of benzene rings is 1. The summed E-state index contributed by atoms with van der Waals surface area (Å²) < 4.78 is 30.7. The van der Waals surface area contributed by atoms with Gasteiger partial charge in [-0.25, -0.2) is 8.78 Å². The van der Waals surface area contributed by atoms with Gasteiger partial charge in [-0.05, 0) is 31.0 Å². The number of rotatable bonds is 3. The van der Waals surface area contributed by atoms with Gasteiger partial charge < -0.3 is 4.74 Å². The van der Waals surface area contributed by atoms with Crippen LogP contribution in [0.15, 0.2) is 12.1 Å². The highest BCUT2D eigenvalue weighted by molar-refractivity contribution is 5.72. The number of halogens is 2. The molecular formula is C11H12F2O2. The van der Waals surface area contributed by atoms with E-state index >= 15 is 0 Å². The van der Waals surface area contributed by atoms with Crippen LogP contribution >= 0.6 is 0 Å². The average Bonchev–Trinajstić information content (AvgIpc) is 2.14. The molecule has 0 saturated heterocycles. The van der Waals surface area contributed by atoms with Gasteiger partial charge in [-0.1, -0.05) is 0 Å². The Balaban J connectivity index is 2.86. The van der Waals surface area contributed by atoms with Gasteiger partial charge >= 0.3 is 5.97 Å². The summed E-state index contributed by atoms with van der Waals surface area (Å²) in [4.78, 5) is 11.1. The van der Waals surface area contributed by atoms with Gasteiger partial charge in [0, 0.05) is 6.07 Å². The van der Waals surface area contributed by atoms with E-state index in [1.807, 2.05) is 0 Å². The van der Waals surface area contributed by atoms with Crippen molar-refractivity contribution in [1.29, 1.82) is 0 Å². The van der Waals surface area contributed by atoms with E-state index in [1.165, 1.54) is 13.0 Å². The van der Waals surface area contributed by atoms with Crippen molar-refractivity contribution >= 4 is 5.97 Å². The fraction of sp³-hybridized carbons (Fsp3) is 0.364. The van der Waals surface area contributed by atoms with Gasteiger partial charge in [0.15, 0.2) is 0 Å². The highest BCUT2D eigenvalue weighted by Gasteiger charge is 2.11. The molecule has 0 fully saturated rings. The lowest BCUT2D eigenvalue weighted by Gasteiger charge is -2.05.